The molecular formula is C12H11Cl2N3S2. The molecular weight excluding hydrogens is 321 g/mol. The van der Waals surface area contributed by atoms with Gasteiger partial charge in [-0.2, -0.15) is 0 Å². The lowest BCUT2D eigenvalue weighted by molar-refractivity contribution is 0.994. The van der Waals surface area contributed by atoms with E-state index in [4.69, 9.17) is 23.2 Å². The highest BCUT2D eigenvalue weighted by atomic mass is 35.5. The van der Waals surface area contributed by atoms with Crippen molar-refractivity contribution < 1.29 is 0 Å². The molecule has 3 rings (SSSR count). The Kier molecular flexibility index (Phi) is 4.17. The average molecular weight is 332 g/mol. The highest BCUT2D eigenvalue weighted by Crippen LogP contribution is 2.32. The second kappa shape index (κ2) is 5.87. The lowest BCUT2D eigenvalue weighted by Crippen LogP contribution is -1.99. The number of benzene rings is 1. The van der Waals surface area contributed by atoms with E-state index in [1.54, 1.807) is 23.1 Å². The molecule has 0 aliphatic heterocycles. The standard InChI is InChI=1S/C12H11Cl2N3S2/c13-9-4-1-7(5-10(9)14)6-18-12-17-16-11(19-12)15-8-2-3-8/h1,4-5,8H,2-3,6H2,(H,15,16). The Labute approximate surface area is 129 Å². The van der Waals surface area contributed by atoms with Gasteiger partial charge in [0.1, 0.15) is 0 Å². The molecule has 1 N–H and O–H groups in total. The van der Waals surface area contributed by atoms with Crippen LogP contribution in [0.1, 0.15) is 18.4 Å². The SMILES string of the molecule is Clc1ccc(CSc2nnc(NC3CC3)s2)cc1Cl. The van der Waals surface area contributed by atoms with Gasteiger partial charge < -0.3 is 5.32 Å². The fourth-order valence-corrected chi connectivity index (χ4v) is 3.60. The summed E-state index contributed by atoms with van der Waals surface area (Å²) in [5.41, 5.74) is 1.13. The third-order valence-electron chi connectivity index (χ3n) is 2.66. The monoisotopic (exact) mass is 331 g/mol. The molecule has 0 radical (unpaired) electrons. The number of thioether (sulfide) groups is 1. The Bertz CT molecular complexity index is 584. The second-order valence-corrected chi connectivity index (χ2v) is 7.34. The molecule has 0 unspecified atom stereocenters. The first-order chi connectivity index (χ1) is 9.20. The van der Waals surface area contributed by atoms with Crippen molar-refractivity contribution in [3.8, 4) is 0 Å². The maximum absolute atomic E-state index is 5.99. The van der Waals surface area contributed by atoms with Crippen LogP contribution in [0.2, 0.25) is 10.0 Å². The van der Waals surface area contributed by atoms with Gasteiger partial charge in [0, 0.05) is 11.8 Å². The predicted octanol–water partition coefficient (Wildman–Crippen LogP) is 4.71. The fraction of sp³-hybridized carbons (Fsp3) is 0.333. The van der Waals surface area contributed by atoms with Crippen LogP contribution in [-0.4, -0.2) is 16.2 Å². The summed E-state index contributed by atoms with van der Waals surface area (Å²) < 4.78 is 0.967. The van der Waals surface area contributed by atoms with Crippen LogP contribution in [-0.2, 0) is 5.75 Å². The van der Waals surface area contributed by atoms with Gasteiger partial charge in [0.25, 0.3) is 0 Å². The largest absolute Gasteiger partial charge is 0.357 e. The molecule has 0 spiro atoms. The first kappa shape index (κ1) is 13.5. The van der Waals surface area contributed by atoms with E-state index >= 15 is 0 Å². The fourth-order valence-electron chi connectivity index (χ4n) is 1.50. The molecule has 1 heterocycles. The van der Waals surface area contributed by atoms with Gasteiger partial charge in [-0.3, -0.25) is 0 Å². The van der Waals surface area contributed by atoms with Gasteiger partial charge in [0.05, 0.1) is 10.0 Å². The lowest BCUT2D eigenvalue weighted by Gasteiger charge is -2.01. The van der Waals surface area contributed by atoms with E-state index in [0.717, 1.165) is 20.8 Å². The van der Waals surface area contributed by atoms with Crippen LogP contribution in [0.15, 0.2) is 22.5 Å². The molecule has 1 aliphatic rings. The average Bonchev–Trinajstić information content (AvgIpc) is 3.09. The van der Waals surface area contributed by atoms with Gasteiger partial charge in [-0.1, -0.05) is 52.4 Å². The summed E-state index contributed by atoms with van der Waals surface area (Å²) in [6, 6.07) is 6.30. The molecule has 2 aromatic rings. The van der Waals surface area contributed by atoms with Crippen LogP contribution < -0.4 is 5.32 Å². The Hall–Kier alpha value is -0.490. The minimum atomic E-state index is 0.585. The molecule has 100 valence electrons. The van der Waals surface area contributed by atoms with Crippen LogP contribution in [0.5, 0.6) is 0 Å². The third kappa shape index (κ3) is 3.75. The zero-order valence-corrected chi connectivity index (χ0v) is 13.0. The van der Waals surface area contributed by atoms with Crippen molar-refractivity contribution in [1.82, 2.24) is 10.2 Å². The molecule has 0 saturated heterocycles. The summed E-state index contributed by atoms with van der Waals surface area (Å²) in [5.74, 6) is 0.814. The smallest absolute Gasteiger partial charge is 0.206 e. The summed E-state index contributed by atoms with van der Waals surface area (Å²) in [6.07, 6.45) is 2.48. The molecule has 0 bridgehead atoms. The number of anilines is 1. The van der Waals surface area contributed by atoms with Crippen molar-refractivity contribution in [2.24, 2.45) is 0 Å². The molecule has 1 aliphatic carbocycles. The number of hydrogen-bond acceptors (Lipinski definition) is 5. The molecule has 3 nitrogen and oxygen atoms in total. The topological polar surface area (TPSA) is 37.8 Å². The Balaban J connectivity index is 1.58. The number of aromatic nitrogens is 2. The van der Waals surface area contributed by atoms with Gasteiger partial charge in [0.15, 0.2) is 4.34 Å². The van der Waals surface area contributed by atoms with E-state index in [1.807, 2.05) is 18.2 Å². The Morgan fingerprint density at radius 1 is 1.26 bits per heavy atom. The van der Waals surface area contributed by atoms with E-state index < -0.39 is 0 Å². The predicted molar refractivity (Wildman–Crippen MR) is 82.6 cm³/mol. The zero-order valence-electron chi connectivity index (χ0n) is 9.90. The maximum atomic E-state index is 5.99. The summed E-state index contributed by atoms with van der Waals surface area (Å²) in [5, 5.41) is 13.7. The number of nitrogens with one attached hydrogen (secondary N) is 1. The molecule has 0 atom stereocenters. The summed E-state index contributed by atoms with van der Waals surface area (Å²) in [6.45, 7) is 0. The number of rotatable bonds is 5. The van der Waals surface area contributed by atoms with Gasteiger partial charge in [-0.25, -0.2) is 0 Å². The minimum absolute atomic E-state index is 0.585. The van der Waals surface area contributed by atoms with Crippen LogP contribution in [0.3, 0.4) is 0 Å². The first-order valence-corrected chi connectivity index (χ1v) is 8.43. The number of nitrogens with zero attached hydrogens (tertiary/aromatic N) is 2. The van der Waals surface area contributed by atoms with Gasteiger partial charge >= 0.3 is 0 Å². The number of halogens is 2. The quantitative estimate of drug-likeness (QED) is 0.805. The van der Waals surface area contributed by atoms with E-state index in [9.17, 15) is 0 Å². The van der Waals surface area contributed by atoms with Crippen molar-refractivity contribution in [2.45, 2.75) is 29.0 Å². The van der Waals surface area contributed by atoms with Gasteiger partial charge in [-0.05, 0) is 30.5 Å². The highest BCUT2D eigenvalue weighted by Gasteiger charge is 2.22. The third-order valence-corrected chi connectivity index (χ3v) is 5.46. The van der Waals surface area contributed by atoms with Crippen molar-refractivity contribution in [1.29, 1.82) is 0 Å². The zero-order chi connectivity index (χ0) is 13.2. The van der Waals surface area contributed by atoms with Crippen LogP contribution in [0, 0.1) is 0 Å². The van der Waals surface area contributed by atoms with Crippen molar-refractivity contribution in [2.75, 3.05) is 5.32 Å². The van der Waals surface area contributed by atoms with Gasteiger partial charge in [-0.15, -0.1) is 10.2 Å². The van der Waals surface area contributed by atoms with E-state index in [-0.39, 0.29) is 0 Å². The molecule has 1 fully saturated rings. The molecule has 7 heteroatoms. The minimum Gasteiger partial charge on any atom is -0.357 e. The van der Waals surface area contributed by atoms with Crippen molar-refractivity contribution in [3.05, 3.63) is 33.8 Å². The molecule has 0 amide bonds. The van der Waals surface area contributed by atoms with Crippen LogP contribution in [0.25, 0.3) is 0 Å². The van der Waals surface area contributed by atoms with Crippen molar-refractivity contribution in [3.63, 3.8) is 0 Å². The number of hydrogen-bond donors (Lipinski definition) is 1. The van der Waals surface area contributed by atoms with Gasteiger partial charge in [0.2, 0.25) is 5.13 Å². The summed E-state index contributed by atoms with van der Waals surface area (Å²) in [4.78, 5) is 0. The van der Waals surface area contributed by atoms with E-state index in [0.29, 0.717) is 16.1 Å². The Morgan fingerprint density at radius 2 is 2.11 bits per heavy atom. The molecule has 1 saturated carbocycles. The normalized spacial score (nSPS) is 14.6. The molecule has 1 aromatic heterocycles. The highest BCUT2D eigenvalue weighted by molar-refractivity contribution is 8.00. The first-order valence-electron chi connectivity index (χ1n) is 5.87. The van der Waals surface area contributed by atoms with E-state index in [2.05, 4.69) is 15.5 Å². The van der Waals surface area contributed by atoms with Crippen LogP contribution >= 0.6 is 46.3 Å². The Morgan fingerprint density at radius 3 is 2.84 bits per heavy atom. The van der Waals surface area contributed by atoms with Crippen molar-refractivity contribution >= 4 is 51.4 Å². The maximum Gasteiger partial charge on any atom is 0.206 e. The van der Waals surface area contributed by atoms with Crippen LogP contribution in [0.4, 0.5) is 5.13 Å². The molecule has 19 heavy (non-hydrogen) atoms. The second-order valence-electron chi connectivity index (χ2n) is 4.33. The summed E-state index contributed by atoms with van der Waals surface area (Å²) >= 11 is 15.1. The van der Waals surface area contributed by atoms with E-state index in [1.165, 1.54) is 12.8 Å². The molecule has 1 aromatic carbocycles. The lowest BCUT2D eigenvalue weighted by atomic mass is 10.2. The summed E-state index contributed by atoms with van der Waals surface area (Å²) in [7, 11) is 0.